The molecule has 4 atom stereocenters. The molecule has 0 aliphatic carbocycles. The van der Waals surface area contributed by atoms with Crippen molar-refractivity contribution in [2.45, 2.75) is 24.4 Å². The molecule has 0 radical (unpaired) electrons. The first-order valence-corrected chi connectivity index (χ1v) is 9.93. The topological polar surface area (TPSA) is 94.1 Å². The minimum Gasteiger partial charge on any atom is -0.502 e. The highest BCUT2D eigenvalue weighted by Gasteiger charge is 2.47. The van der Waals surface area contributed by atoms with Crippen LogP contribution in [0.1, 0.15) is 23.3 Å². The van der Waals surface area contributed by atoms with Crippen molar-refractivity contribution in [2.24, 2.45) is 0 Å². The molecule has 0 spiro atoms. The van der Waals surface area contributed by atoms with Gasteiger partial charge in [-0.15, -0.1) is 0 Å². The zero-order chi connectivity index (χ0) is 23.4. The van der Waals surface area contributed by atoms with Gasteiger partial charge in [0.25, 0.3) is 0 Å². The third-order valence-electron chi connectivity index (χ3n) is 5.60. The Bertz CT molecular complexity index is 880. The van der Waals surface area contributed by atoms with Crippen LogP contribution in [0.15, 0.2) is 24.3 Å². The Morgan fingerprint density at radius 1 is 0.594 bits per heavy atom. The molecule has 9 heteroatoms. The summed E-state index contributed by atoms with van der Waals surface area (Å²) in [6.07, 6.45) is -1.94. The number of hydrogen-bond donors (Lipinski definition) is 1. The van der Waals surface area contributed by atoms with Crippen molar-refractivity contribution in [2.75, 3.05) is 49.8 Å². The number of aromatic hydroxyl groups is 1. The van der Waals surface area contributed by atoms with E-state index in [0.29, 0.717) is 22.8 Å². The van der Waals surface area contributed by atoms with E-state index in [1.165, 1.54) is 14.2 Å². The molecule has 1 heterocycles. The number of methoxy groups -OCH3 is 7. The highest BCUT2D eigenvalue weighted by Crippen LogP contribution is 2.49. The largest absolute Gasteiger partial charge is 0.502 e. The van der Waals surface area contributed by atoms with Crippen LogP contribution < -0.4 is 23.7 Å². The Labute approximate surface area is 187 Å². The van der Waals surface area contributed by atoms with Crippen LogP contribution in [-0.2, 0) is 14.2 Å². The highest BCUT2D eigenvalue weighted by atomic mass is 16.6. The standard InChI is InChI=1S/C23H30O9/c1-25-14-8-12(9-15(26-2)18(14)24)19-22(30-6)23(31-7)20(32-19)13-10-16(27-3)21(29-5)17(11-13)28-4/h8-11,19-20,22-24H,1-7H3. The molecule has 0 aromatic heterocycles. The van der Waals surface area contributed by atoms with Crippen LogP contribution in [0.25, 0.3) is 0 Å². The molecule has 0 saturated carbocycles. The Morgan fingerprint density at radius 3 is 1.28 bits per heavy atom. The van der Waals surface area contributed by atoms with Gasteiger partial charge in [0, 0.05) is 14.2 Å². The minimum absolute atomic E-state index is 0.0878. The second-order valence-electron chi connectivity index (χ2n) is 7.11. The molecule has 32 heavy (non-hydrogen) atoms. The van der Waals surface area contributed by atoms with Gasteiger partial charge in [-0.1, -0.05) is 0 Å². The van der Waals surface area contributed by atoms with Crippen LogP contribution in [0.4, 0.5) is 0 Å². The maximum absolute atomic E-state index is 10.3. The molecule has 1 aliphatic heterocycles. The first-order valence-electron chi connectivity index (χ1n) is 9.93. The van der Waals surface area contributed by atoms with Crippen LogP contribution >= 0.6 is 0 Å². The molecule has 0 amide bonds. The van der Waals surface area contributed by atoms with E-state index >= 15 is 0 Å². The fourth-order valence-electron chi connectivity index (χ4n) is 4.05. The summed E-state index contributed by atoms with van der Waals surface area (Å²) < 4.78 is 45.1. The average molecular weight is 450 g/mol. The number of hydrogen-bond acceptors (Lipinski definition) is 9. The van der Waals surface area contributed by atoms with Gasteiger partial charge in [0.05, 0.1) is 35.5 Å². The lowest BCUT2D eigenvalue weighted by atomic mass is 9.97. The lowest BCUT2D eigenvalue weighted by Crippen LogP contribution is -2.31. The number of benzene rings is 2. The predicted molar refractivity (Wildman–Crippen MR) is 115 cm³/mol. The molecule has 176 valence electrons. The van der Waals surface area contributed by atoms with E-state index in [2.05, 4.69) is 0 Å². The van der Waals surface area contributed by atoms with E-state index in [4.69, 9.17) is 37.9 Å². The summed E-state index contributed by atoms with van der Waals surface area (Å²) in [5.41, 5.74) is 1.48. The second kappa shape index (κ2) is 10.2. The highest BCUT2D eigenvalue weighted by molar-refractivity contribution is 5.55. The monoisotopic (exact) mass is 450 g/mol. The summed E-state index contributed by atoms with van der Waals surface area (Å²) in [5, 5.41) is 10.3. The molecule has 3 rings (SSSR count). The van der Waals surface area contributed by atoms with Gasteiger partial charge in [-0.05, 0) is 35.4 Å². The van der Waals surface area contributed by atoms with Crippen molar-refractivity contribution in [1.29, 1.82) is 0 Å². The van der Waals surface area contributed by atoms with Gasteiger partial charge in [0.2, 0.25) is 11.5 Å². The smallest absolute Gasteiger partial charge is 0.203 e. The zero-order valence-electron chi connectivity index (χ0n) is 19.3. The Hall–Kier alpha value is -2.88. The van der Waals surface area contributed by atoms with Crippen molar-refractivity contribution in [3.8, 4) is 34.5 Å². The van der Waals surface area contributed by atoms with Gasteiger partial charge in [0.1, 0.15) is 24.4 Å². The molecule has 1 N–H and O–H groups in total. The number of rotatable bonds is 9. The van der Waals surface area contributed by atoms with Crippen LogP contribution in [0.2, 0.25) is 0 Å². The molecule has 1 saturated heterocycles. The van der Waals surface area contributed by atoms with E-state index in [-0.39, 0.29) is 17.2 Å². The van der Waals surface area contributed by atoms with Gasteiger partial charge in [0.15, 0.2) is 23.0 Å². The molecule has 0 bridgehead atoms. The van der Waals surface area contributed by atoms with Crippen LogP contribution in [0.5, 0.6) is 34.5 Å². The van der Waals surface area contributed by atoms with Crippen LogP contribution in [-0.4, -0.2) is 67.1 Å². The van der Waals surface area contributed by atoms with Crippen molar-refractivity contribution < 1.29 is 43.0 Å². The van der Waals surface area contributed by atoms with Crippen molar-refractivity contribution in [1.82, 2.24) is 0 Å². The average Bonchev–Trinajstić information content (AvgIpc) is 3.21. The Balaban J connectivity index is 2.08. The van der Waals surface area contributed by atoms with Crippen molar-refractivity contribution in [3.63, 3.8) is 0 Å². The number of ether oxygens (including phenoxy) is 8. The molecule has 2 aromatic carbocycles. The summed E-state index contributed by atoms with van der Waals surface area (Å²) in [7, 11) is 10.8. The molecule has 9 nitrogen and oxygen atoms in total. The summed E-state index contributed by atoms with van der Waals surface area (Å²) in [5.74, 6) is 1.94. The fraction of sp³-hybridized carbons (Fsp3) is 0.478. The summed E-state index contributed by atoms with van der Waals surface area (Å²) in [6.45, 7) is 0. The lowest BCUT2D eigenvalue weighted by Gasteiger charge is -2.23. The molecular formula is C23H30O9. The predicted octanol–water partition coefficient (Wildman–Crippen LogP) is 3.28. The Kier molecular flexibility index (Phi) is 7.55. The molecule has 2 aromatic rings. The molecule has 4 unspecified atom stereocenters. The van der Waals surface area contributed by atoms with Gasteiger partial charge >= 0.3 is 0 Å². The maximum Gasteiger partial charge on any atom is 0.203 e. The SMILES string of the molecule is COc1cc(C2OC(c3cc(OC)c(OC)c(OC)c3)C(OC)C2OC)cc(OC)c1O. The van der Waals surface area contributed by atoms with E-state index in [1.807, 2.05) is 12.1 Å². The fourth-order valence-corrected chi connectivity index (χ4v) is 4.05. The third-order valence-corrected chi connectivity index (χ3v) is 5.60. The minimum atomic E-state index is -0.530. The van der Waals surface area contributed by atoms with Crippen LogP contribution in [0.3, 0.4) is 0 Å². The summed E-state index contributed by atoms with van der Waals surface area (Å²) in [4.78, 5) is 0. The van der Waals surface area contributed by atoms with Crippen molar-refractivity contribution >= 4 is 0 Å². The third kappa shape index (κ3) is 4.11. The van der Waals surface area contributed by atoms with Gasteiger partial charge in [-0.2, -0.15) is 0 Å². The van der Waals surface area contributed by atoms with E-state index in [9.17, 15) is 5.11 Å². The summed E-state index contributed by atoms with van der Waals surface area (Å²) in [6, 6.07) is 7.04. The molecule has 1 fully saturated rings. The van der Waals surface area contributed by atoms with E-state index in [0.717, 1.165) is 5.56 Å². The maximum atomic E-state index is 10.3. The number of phenols is 1. The van der Waals surface area contributed by atoms with Crippen LogP contribution in [0, 0.1) is 0 Å². The normalized spacial score (nSPS) is 22.5. The zero-order valence-corrected chi connectivity index (χ0v) is 19.3. The molecule has 1 aliphatic rings. The molecular weight excluding hydrogens is 420 g/mol. The van der Waals surface area contributed by atoms with Gasteiger partial charge < -0.3 is 43.0 Å². The van der Waals surface area contributed by atoms with E-state index < -0.39 is 24.4 Å². The first kappa shape index (κ1) is 23.8. The quantitative estimate of drug-likeness (QED) is 0.618. The summed E-state index contributed by atoms with van der Waals surface area (Å²) >= 11 is 0. The van der Waals surface area contributed by atoms with Gasteiger partial charge in [-0.3, -0.25) is 0 Å². The Morgan fingerprint density at radius 2 is 0.969 bits per heavy atom. The number of phenolic OH excluding ortho intramolecular Hbond substituents is 1. The van der Waals surface area contributed by atoms with Gasteiger partial charge in [-0.25, -0.2) is 0 Å². The lowest BCUT2D eigenvalue weighted by molar-refractivity contribution is -0.0288. The van der Waals surface area contributed by atoms with Crippen molar-refractivity contribution in [3.05, 3.63) is 35.4 Å². The van der Waals surface area contributed by atoms with E-state index in [1.54, 1.807) is 47.7 Å². The second-order valence-corrected chi connectivity index (χ2v) is 7.11. The first-order chi connectivity index (χ1) is 15.5.